The van der Waals surface area contributed by atoms with Crippen LogP contribution < -0.4 is 5.56 Å². The van der Waals surface area contributed by atoms with Crippen LogP contribution in [0.25, 0.3) is 5.69 Å². The molecule has 2 saturated carbocycles. The van der Waals surface area contributed by atoms with Crippen molar-refractivity contribution in [3.05, 3.63) is 51.9 Å². The smallest absolute Gasteiger partial charge is 0.275 e. The van der Waals surface area contributed by atoms with Crippen molar-refractivity contribution in [2.45, 2.75) is 63.8 Å². The summed E-state index contributed by atoms with van der Waals surface area (Å²) >= 11 is 0. The van der Waals surface area contributed by atoms with E-state index in [1.54, 1.807) is 0 Å². The first-order valence-corrected chi connectivity index (χ1v) is 8.90. The van der Waals surface area contributed by atoms with Crippen molar-refractivity contribution in [2.24, 2.45) is 5.41 Å². The van der Waals surface area contributed by atoms with Gasteiger partial charge in [-0.1, -0.05) is 39.0 Å². The molecule has 2 atom stereocenters. The van der Waals surface area contributed by atoms with Crippen LogP contribution in [0.2, 0.25) is 0 Å². The summed E-state index contributed by atoms with van der Waals surface area (Å²) in [5.41, 5.74) is 4.06. The first kappa shape index (κ1) is 13.6. The molecule has 0 radical (unpaired) electrons. The van der Waals surface area contributed by atoms with Crippen molar-refractivity contribution >= 4 is 0 Å². The summed E-state index contributed by atoms with van der Waals surface area (Å²) in [6.07, 6.45) is 4.78. The van der Waals surface area contributed by atoms with Crippen molar-refractivity contribution < 1.29 is 0 Å². The fraction of sp³-hybridized carbons (Fsp3) is 0.550. The van der Waals surface area contributed by atoms with Gasteiger partial charge >= 0.3 is 0 Å². The van der Waals surface area contributed by atoms with Gasteiger partial charge in [-0.25, -0.2) is 4.68 Å². The average molecular weight is 308 g/mol. The summed E-state index contributed by atoms with van der Waals surface area (Å²) in [6.45, 7) is 7.13. The number of rotatable bonds is 2. The normalized spacial score (nSPS) is 30.7. The van der Waals surface area contributed by atoms with Gasteiger partial charge in [0, 0.05) is 11.0 Å². The number of nitrogens with zero attached hydrogens (tertiary/aromatic N) is 2. The highest BCUT2D eigenvalue weighted by atomic mass is 16.1. The van der Waals surface area contributed by atoms with Crippen LogP contribution in [0.15, 0.2) is 35.1 Å². The molecule has 5 rings (SSSR count). The Hall–Kier alpha value is -1.77. The minimum Gasteiger partial charge on any atom is -0.278 e. The van der Waals surface area contributed by atoms with Crippen molar-refractivity contribution in [1.29, 1.82) is 0 Å². The van der Waals surface area contributed by atoms with Crippen molar-refractivity contribution in [1.82, 2.24) is 9.36 Å². The predicted molar refractivity (Wildman–Crippen MR) is 91.4 cm³/mol. The van der Waals surface area contributed by atoms with Crippen LogP contribution in [0.4, 0.5) is 0 Å². The quantitative estimate of drug-likeness (QED) is 0.819. The zero-order chi connectivity index (χ0) is 16.0. The molecule has 1 aromatic heterocycles. The summed E-state index contributed by atoms with van der Waals surface area (Å²) in [5.74, 6) is 0.421. The molecule has 3 nitrogen and oxygen atoms in total. The lowest BCUT2D eigenvalue weighted by Gasteiger charge is -2.36. The fourth-order valence-corrected chi connectivity index (χ4v) is 5.31. The molecule has 2 fully saturated rings. The summed E-state index contributed by atoms with van der Waals surface area (Å²) < 4.78 is 4.36. The Labute approximate surface area is 136 Å². The van der Waals surface area contributed by atoms with Gasteiger partial charge in [-0.15, -0.1) is 0 Å². The molecular formula is C20H24N2O. The number of hydrogen-bond acceptors (Lipinski definition) is 1. The van der Waals surface area contributed by atoms with E-state index >= 15 is 0 Å². The topological polar surface area (TPSA) is 26.9 Å². The Morgan fingerprint density at radius 2 is 1.74 bits per heavy atom. The number of fused-ring (bicyclic) bond motifs is 5. The van der Waals surface area contributed by atoms with Crippen LogP contribution in [-0.2, 0) is 5.41 Å². The third kappa shape index (κ3) is 1.44. The lowest BCUT2D eigenvalue weighted by Crippen LogP contribution is -2.35. The van der Waals surface area contributed by atoms with E-state index in [1.807, 2.05) is 22.9 Å². The zero-order valence-electron chi connectivity index (χ0n) is 14.2. The molecule has 3 aliphatic rings. The van der Waals surface area contributed by atoms with Gasteiger partial charge in [0.1, 0.15) is 0 Å². The summed E-state index contributed by atoms with van der Waals surface area (Å²) in [7, 11) is 0. The van der Waals surface area contributed by atoms with E-state index in [4.69, 9.17) is 0 Å². The third-order valence-corrected chi connectivity index (χ3v) is 7.11. The molecule has 0 N–H and O–H groups in total. The van der Waals surface area contributed by atoms with Crippen LogP contribution in [-0.4, -0.2) is 9.36 Å². The molecule has 23 heavy (non-hydrogen) atoms. The summed E-state index contributed by atoms with van der Waals surface area (Å²) in [5, 5.41) is 0. The van der Waals surface area contributed by atoms with E-state index in [0.717, 1.165) is 17.7 Å². The second kappa shape index (κ2) is 4.00. The predicted octanol–water partition coefficient (Wildman–Crippen LogP) is 4.15. The molecule has 2 bridgehead atoms. The van der Waals surface area contributed by atoms with E-state index in [2.05, 4.69) is 37.6 Å². The van der Waals surface area contributed by atoms with Gasteiger partial charge < -0.3 is 0 Å². The van der Waals surface area contributed by atoms with E-state index in [-0.39, 0.29) is 16.4 Å². The van der Waals surface area contributed by atoms with Crippen molar-refractivity contribution in [3.63, 3.8) is 0 Å². The van der Waals surface area contributed by atoms with Gasteiger partial charge in [-0.3, -0.25) is 9.48 Å². The van der Waals surface area contributed by atoms with E-state index in [0.29, 0.717) is 12.0 Å². The summed E-state index contributed by atoms with van der Waals surface area (Å²) in [4.78, 5) is 13.4. The first-order chi connectivity index (χ1) is 11.0. The molecular weight excluding hydrogens is 284 g/mol. The fourth-order valence-electron chi connectivity index (χ4n) is 5.31. The maximum Gasteiger partial charge on any atom is 0.275 e. The summed E-state index contributed by atoms with van der Waals surface area (Å²) in [6, 6.07) is 10.7. The number of hydrogen-bond donors (Lipinski definition) is 0. The van der Waals surface area contributed by atoms with E-state index in [9.17, 15) is 4.79 Å². The number of benzene rings is 1. The zero-order valence-corrected chi connectivity index (χ0v) is 14.2. The maximum atomic E-state index is 13.4. The minimum absolute atomic E-state index is 0.134. The van der Waals surface area contributed by atoms with Crippen LogP contribution in [0, 0.1) is 5.41 Å². The SMILES string of the molecule is CC12CCC(c3c1n(C1CC1)n(-c1ccccc1)c3=O)C2(C)C. The van der Waals surface area contributed by atoms with Crippen molar-refractivity contribution in [2.75, 3.05) is 0 Å². The standard InChI is InChI=1S/C20H24N2O/c1-19(2)15-11-12-20(19,3)17-16(15)18(23)22(21(17)14-9-10-14)13-7-5-4-6-8-13/h4-8,14-15H,9-12H2,1-3H3. The maximum absolute atomic E-state index is 13.4. The van der Waals surface area contributed by atoms with Gasteiger partial charge in [0.15, 0.2) is 0 Å². The lowest BCUT2D eigenvalue weighted by molar-refractivity contribution is 0.215. The van der Waals surface area contributed by atoms with Crippen LogP contribution in [0.3, 0.4) is 0 Å². The molecule has 3 aliphatic carbocycles. The van der Waals surface area contributed by atoms with Crippen LogP contribution in [0.1, 0.15) is 69.7 Å². The van der Waals surface area contributed by atoms with Gasteiger partial charge in [0.2, 0.25) is 0 Å². The molecule has 2 unspecified atom stereocenters. The van der Waals surface area contributed by atoms with Gasteiger partial charge in [-0.05, 0) is 49.1 Å². The number of aromatic nitrogens is 2. The molecule has 0 spiro atoms. The van der Waals surface area contributed by atoms with Gasteiger partial charge in [0.05, 0.1) is 17.4 Å². The molecule has 1 heterocycles. The van der Waals surface area contributed by atoms with Crippen molar-refractivity contribution in [3.8, 4) is 5.69 Å². The van der Waals surface area contributed by atoms with Gasteiger partial charge in [-0.2, -0.15) is 0 Å². The molecule has 0 aliphatic heterocycles. The molecule has 3 heteroatoms. The monoisotopic (exact) mass is 308 g/mol. The number of para-hydroxylation sites is 1. The Kier molecular flexibility index (Phi) is 2.38. The largest absolute Gasteiger partial charge is 0.278 e. The molecule has 0 amide bonds. The second-order valence-electron chi connectivity index (χ2n) is 8.44. The third-order valence-electron chi connectivity index (χ3n) is 7.11. The van der Waals surface area contributed by atoms with Gasteiger partial charge in [0.25, 0.3) is 5.56 Å². The highest BCUT2D eigenvalue weighted by Crippen LogP contribution is 2.67. The molecule has 120 valence electrons. The second-order valence-corrected chi connectivity index (χ2v) is 8.44. The minimum atomic E-state index is 0.134. The first-order valence-electron chi connectivity index (χ1n) is 8.90. The average Bonchev–Trinajstić information content (AvgIpc) is 3.26. The lowest BCUT2D eigenvalue weighted by atomic mass is 9.70. The Balaban J connectivity index is 1.86. The molecule has 2 aromatic rings. The van der Waals surface area contributed by atoms with Crippen LogP contribution >= 0.6 is 0 Å². The highest BCUT2D eigenvalue weighted by molar-refractivity contribution is 5.48. The van der Waals surface area contributed by atoms with E-state index < -0.39 is 0 Å². The Morgan fingerprint density at radius 3 is 2.39 bits per heavy atom. The molecule has 0 saturated heterocycles. The van der Waals surface area contributed by atoms with E-state index in [1.165, 1.54) is 25.0 Å². The molecule has 1 aromatic carbocycles. The van der Waals surface area contributed by atoms with Crippen LogP contribution in [0.5, 0.6) is 0 Å². The Morgan fingerprint density at radius 1 is 1.04 bits per heavy atom. The highest BCUT2D eigenvalue weighted by Gasteiger charge is 2.63. The Bertz CT molecular complexity index is 854.